The van der Waals surface area contributed by atoms with Crippen LogP contribution in [0.1, 0.15) is 10.6 Å². The lowest BCUT2D eigenvalue weighted by atomic mass is 10.1. The van der Waals surface area contributed by atoms with Gasteiger partial charge in [-0.05, 0) is 35.9 Å². The maximum atomic E-state index is 6.49. The maximum absolute atomic E-state index is 6.49. The van der Waals surface area contributed by atoms with Crippen molar-refractivity contribution in [2.24, 2.45) is 5.73 Å². The van der Waals surface area contributed by atoms with Crippen molar-refractivity contribution in [3.63, 3.8) is 0 Å². The highest BCUT2D eigenvalue weighted by Crippen LogP contribution is 2.32. The SMILES string of the molecule is NCc1nc(-c2ccc3ncnc(Nc4ccc(OCc5ccccc5)c(Cl)c4)c3c2)cs1. The Morgan fingerprint density at radius 2 is 1.88 bits per heavy atom. The van der Waals surface area contributed by atoms with Crippen LogP contribution in [0.4, 0.5) is 11.5 Å². The van der Waals surface area contributed by atoms with Crippen molar-refractivity contribution in [3.05, 3.63) is 94.0 Å². The average molecular weight is 474 g/mol. The molecular formula is C25H20ClN5OS. The first-order valence-electron chi connectivity index (χ1n) is 10.3. The molecule has 0 atom stereocenters. The third-order valence-corrected chi connectivity index (χ3v) is 6.26. The van der Waals surface area contributed by atoms with Crippen LogP contribution >= 0.6 is 22.9 Å². The van der Waals surface area contributed by atoms with Crippen molar-refractivity contribution in [1.82, 2.24) is 15.0 Å². The van der Waals surface area contributed by atoms with Crippen LogP contribution in [-0.4, -0.2) is 15.0 Å². The molecule has 5 rings (SSSR count). The van der Waals surface area contributed by atoms with Gasteiger partial charge in [-0.1, -0.05) is 48.0 Å². The quantitative estimate of drug-likeness (QED) is 0.293. The summed E-state index contributed by atoms with van der Waals surface area (Å²) in [6, 6.07) is 21.6. The fourth-order valence-corrected chi connectivity index (χ4v) is 4.34. The van der Waals surface area contributed by atoms with Gasteiger partial charge in [-0.25, -0.2) is 15.0 Å². The Morgan fingerprint density at radius 1 is 1.00 bits per heavy atom. The van der Waals surface area contributed by atoms with E-state index in [1.165, 1.54) is 0 Å². The van der Waals surface area contributed by atoms with Crippen LogP contribution in [0.2, 0.25) is 5.02 Å². The van der Waals surface area contributed by atoms with Crippen LogP contribution in [0, 0.1) is 0 Å². The Bertz CT molecular complexity index is 1410. The van der Waals surface area contributed by atoms with Gasteiger partial charge in [0.2, 0.25) is 0 Å². The number of hydrogen-bond acceptors (Lipinski definition) is 7. The third kappa shape index (κ3) is 4.80. The topological polar surface area (TPSA) is 86.0 Å². The molecule has 0 saturated heterocycles. The minimum atomic E-state index is 0.431. The van der Waals surface area contributed by atoms with E-state index in [-0.39, 0.29) is 0 Å². The van der Waals surface area contributed by atoms with Crippen LogP contribution in [0.15, 0.2) is 78.4 Å². The molecular weight excluding hydrogens is 454 g/mol. The van der Waals surface area contributed by atoms with E-state index in [1.54, 1.807) is 17.7 Å². The Labute approximate surface area is 200 Å². The Hall–Kier alpha value is -3.52. The van der Waals surface area contributed by atoms with E-state index in [0.29, 0.717) is 29.7 Å². The number of ether oxygens (including phenoxy) is 1. The second-order valence-electron chi connectivity index (χ2n) is 7.33. The monoisotopic (exact) mass is 473 g/mol. The zero-order chi connectivity index (χ0) is 22.6. The number of anilines is 2. The number of fused-ring (bicyclic) bond motifs is 1. The zero-order valence-electron chi connectivity index (χ0n) is 17.5. The van der Waals surface area contributed by atoms with Gasteiger partial charge in [-0.15, -0.1) is 11.3 Å². The minimum Gasteiger partial charge on any atom is -0.487 e. The van der Waals surface area contributed by atoms with Gasteiger partial charge in [0, 0.05) is 28.6 Å². The molecule has 0 aliphatic rings. The molecule has 0 fully saturated rings. The van der Waals surface area contributed by atoms with E-state index >= 15 is 0 Å². The Morgan fingerprint density at radius 3 is 2.67 bits per heavy atom. The number of hydrogen-bond donors (Lipinski definition) is 2. The van der Waals surface area contributed by atoms with E-state index in [0.717, 1.165) is 38.4 Å². The van der Waals surface area contributed by atoms with E-state index < -0.39 is 0 Å². The highest BCUT2D eigenvalue weighted by molar-refractivity contribution is 7.09. The second kappa shape index (κ2) is 9.54. The standard InChI is InChI=1S/C25H20ClN5OS/c26-20-11-18(7-9-23(20)32-13-16-4-2-1-3-5-16)30-25-19-10-17(6-8-21(19)28-15-29-25)22-14-33-24(12-27)31-22/h1-11,14-15H,12-13,27H2,(H,28,29,30). The summed E-state index contributed by atoms with van der Waals surface area (Å²) in [7, 11) is 0. The summed E-state index contributed by atoms with van der Waals surface area (Å²) in [5.41, 5.74) is 10.3. The highest BCUT2D eigenvalue weighted by atomic mass is 35.5. The summed E-state index contributed by atoms with van der Waals surface area (Å²) in [4.78, 5) is 13.4. The number of nitrogens with one attached hydrogen (secondary N) is 1. The number of rotatable bonds is 7. The molecule has 8 heteroatoms. The van der Waals surface area contributed by atoms with Gasteiger partial charge in [0.25, 0.3) is 0 Å². The average Bonchev–Trinajstić information content (AvgIpc) is 3.34. The van der Waals surface area contributed by atoms with Gasteiger partial charge in [-0.2, -0.15) is 0 Å². The highest BCUT2D eigenvalue weighted by Gasteiger charge is 2.10. The molecule has 2 heterocycles. The van der Waals surface area contributed by atoms with Crippen molar-refractivity contribution in [2.45, 2.75) is 13.2 Å². The number of aromatic nitrogens is 3. The van der Waals surface area contributed by atoms with Gasteiger partial charge >= 0.3 is 0 Å². The molecule has 0 radical (unpaired) electrons. The lowest BCUT2D eigenvalue weighted by molar-refractivity contribution is 0.306. The predicted octanol–water partition coefficient (Wildman–Crippen LogP) is 6.19. The lowest BCUT2D eigenvalue weighted by Crippen LogP contribution is -1.98. The summed E-state index contributed by atoms with van der Waals surface area (Å²) >= 11 is 8.04. The van der Waals surface area contributed by atoms with Crippen molar-refractivity contribution in [1.29, 1.82) is 0 Å². The fraction of sp³-hybridized carbons (Fsp3) is 0.0800. The number of thiazole rings is 1. The molecule has 2 aromatic heterocycles. The van der Waals surface area contributed by atoms with Crippen LogP contribution in [-0.2, 0) is 13.2 Å². The summed E-state index contributed by atoms with van der Waals surface area (Å²) in [5, 5.41) is 7.67. The largest absolute Gasteiger partial charge is 0.487 e. The normalized spacial score (nSPS) is 11.0. The third-order valence-electron chi connectivity index (χ3n) is 5.09. The Kier molecular flexibility index (Phi) is 6.17. The molecule has 0 bridgehead atoms. The number of nitrogens with zero attached hydrogens (tertiary/aromatic N) is 3. The number of benzene rings is 3. The van der Waals surface area contributed by atoms with Gasteiger partial charge in [-0.3, -0.25) is 0 Å². The molecule has 5 aromatic rings. The molecule has 3 aromatic carbocycles. The smallest absolute Gasteiger partial charge is 0.141 e. The summed E-state index contributed by atoms with van der Waals surface area (Å²) in [5.74, 6) is 1.31. The minimum absolute atomic E-state index is 0.431. The van der Waals surface area contributed by atoms with Crippen molar-refractivity contribution >= 4 is 45.3 Å². The fourth-order valence-electron chi connectivity index (χ4n) is 3.42. The molecule has 3 N–H and O–H groups in total. The molecule has 164 valence electrons. The van der Waals surface area contributed by atoms with E-state index in [2.05, 4.69) is 20.3 Å². The molecule has 0 unspecified atom stereocenters. The summed E-state index contributed by atoms with van der Waals surface area (Å²) < 4.78 is 5.87. The van der Waals surface area contributed by atoms with Crippen molar-refractivity contribution in [3.8, 4) is 17.0 Å². The maximum Gasteiger partial charge on any atom is 0.141 e. The first-order chi connectivity index (χ1) is 16.2. The summed E-state index contributed by atoms with van der Waals surface area (Å²) in [6.45, 7) is 0.884. The van der Waals surface area contributed by atoms with Crippen molar-refractivity contribution < 1.29 is 4.74 Å². The molecule has 0 saturated carbocycles. The molecule has 0 aliphatic carbocycles. The van der Waals surface area contributed by atoms with E-state index in [1.807, 2.05) is 72.1 Å². The van der Waals surface area contributed by atoms with Gasteiger partial charge < -0.3 is 15.8 Å². The Balaban J connectivity index is 1.39. The van der Waals surface area contributed by atoms with Crippen molar-refractivity contribution in [2.75, 3.05) is 5.32 Å². The van der Waals surface area contributed by atoms with Crippen LogP contribution in [0.3, 0.4) is 0 Å². The molecule has 6 nitrogen and oxygen atoms in total. The number of halogens is 1. The van der Waals surface area contributed by atoms with Crippen LogP contribution < -0.4 is 15.8 Å². The molecule has 33 heavy (non-hydrogen) atoms. The van der Waals surface area contributed by atoms with E-state index in [9.17, 15) is 0 Å². The zero-order valence-corrected chi connectivity index (χ0v) is 19.1. The molecule has 0 aliphatic heterocycles. The number of nitrogens with two attached hydrogens (primary N) is 1. The van der Waals surface area contributed by atoms with E-state index in [4.69, 9.17) is 22.1 Å². The lowest BCUT2D eigenvalue weighted by Gasteiger charge is -2.12. The first-order valence-corrected chi connectivity index (χ1v) is 11.6. The van der Waals surface area contributed by atoms with Gasteiger partial charge in [0.05, 0.1) is 16.2 Å². The summed E-state index contributed by atoms with van der Waals surface area (Å²) in [6.07, 6.45) is 1.54. The van der Waals surface area contributed by atoms with Gasteiger partial charge in [0.1, 0.15) is 29.5 Å². The second-order valence-corrected chi connectivity index (χ2v) is 8.68. The van der Waals surface area contributed by atoms with Crippen LogP contribution in [0.25, 0.3) is 22.2 Å². The van der Waals surface area contributed by atoms with Crippen LogP contribution in [0.5, 0.6) is 5.75 Å². The predicted molar refractivity (Wildman–Crippen MR) is 134 cm³/mol. The molecule has 0 spiro atoms. The first kappa shape index (κ1) is 21.3. The molecule has 0 amide bonds. The van der Waals surface area contributed by atoms with Gasteiger partial charge in [0.15, 0.2) is 0 Å².